The maximum Gasteiger partial charge on any atom is 0.255 e. The van der Waals surface area contributed by atoms with Crippen LogP contribution >= 0.6 is 0 Å². The number of nitrogens with zero attached hydrogens (tertiary/aromatic N) is 1. The molecule has 0 bridgehead atoms. The Morgan fingerprint density at radius 2 is 2.00 bits per heavy atom. The molecule has 2 N–H and O–H groups in total. The maximum atomic E-state index is 12.6. The van der Waals surface area contributed by atoms with Crippen molar-refractivity contribution in [3.8, 4) is 5.75 Å². The topological polar surface area (TPSA) is 53.6 Å². The molecular formula is C22H27N3O2. The van der Waals surface area contributed by atoms with Crippen molar-refractivity contribution in [2.24, 2.45) is 5.41 Å². The van der Waals surface area contributed by atoms with E-state index in [-0.39, 0.29) is 5.91 Å². The molecule has 2 fully saturated rings. The Hall–Kier alpha value is -2.53. The van der Waals surface area contributed by atoms with E-state index in [2.05, 4.69) is 27.7 Å². The lowest BCUT2D eigenvalue weighted by Gasteiger charge is -2.24. The van der Waals surface area contributed by atoms with Crippen LogP contribution in [-0.4, -0.2) is 39.2 Å². The zero-order valence-electron chi connectivity index (χ0n) is 16.0. The van der Waals surface area contributed by atoms with Gasteiger partial charge in [0.2, 0.25) is 0 Å². The number of nitrogens with one attached hydrogen (secondary N) is 2. The van der Waals surface area contributed by atoms with Crippen molar-refractivity contribution in [1.29, 1.82) is 0 Å². The molecule has 2 aromatic carbocycles. The monoisotopic (exact) mass is 365 g/mol. The van der Waals surface area contributed by atoms with E-state index < -0.39 is 0 Å². The molecule has 5 heteroatoms. The average Bonchev–Trinajstić information content (AvgIpc) is 3.32. The van der Waals surface area contributed by atoms with Crippen molar-refractivity contribution in [3.05, 3.63) is 53.6 Å². The fraction of sp³-hybridized carbons (Fsp3) is 0.409. The summed E-state index contributed by atoms with van der Waals surface area (Å²) >= 11 is 0. The Morgan fingerprint density at radius 1 is 1.19 bits per heavy atom. The number of hydrogen-bond acceptors (Lipinski definition) is 4. The third kappa shape index (κ3) is 3.65. The SMILES string of the molecule is COc1ccc(C(=O)Nc2ccc(N3CC[C@]4(CCNC4)C3)cc2)c(C)c1. The minimum atomic E-state index is -0.0972. The van der Waals surface area contributed by atoms with E-state index in [9.17, 15) is 4.79 Å². The Labute approximate surface area is 160 Å². The van der Waals surface area contributed by atoms with Crippen LogP contribution in [-0.2, 0) is 0 Å². The fourth-order valence-electron chi connectivity index (χ4n) is 4.27. The van der Waals surface area contributed by atoms with Crippen LogP contribution < -0.4 is 20.3 Å². The van der Waals surface area contributed by atoms with Crippen LogP contribution in [0.25, 0.3) is 0 Å². The molecule has 1 spiro atoms. The molecule has 5 nitrogen and oxygen atoms in total. The highest BCUT2D eigenvalue weighted by molar-refractivity contribution is 6.05. The second-order valence-electron chi connectivity index (χ2n) is 7.78. The van der Waals surface area contributed by atoms with Crippen LogP contribution in [0.1, 0.15) is 28.8 Å². The Morgan fingerprint density at radius 3 is 2.67 bits per heavy atom. The van der Waals surface area contributed by atoms with Gasteiger partial charge in [-0.1, -0.05) is 0 Å². The van der Waals surface area contributed by atoms with Gasteiger partial charge in [-0.05, 0) is 74.3 Å². The molecule has 2 aliphatic heterocycles. The summed E-state index contributed by atoms with van der Waals surface area (Å²) in [6, 6.07) is 13.7. The minimum Gasteiger partial charge on any atom is -0.497 e. The van der Waals surface area contributed by atoms with Crippen molar-refractivity contribution in [2.45, 2.75) is 19.8 Å². The average molecular weight is 365 g/mol. The van der Waals surface area contributed by atoms with Crippen molar-refractivity contribution in [3.63, 3.8) is 0 Å². The van der Waals surface area contributed by atoms with Gasteiger partial charge in [-0.3, -0.25) is 4.79 Å². The normalized spacial score (nSPS) is 21.6. The van der Waals surface area contributed by atoms with Gasteiger partial charge >= 0.3 is 0 Å². The van der Waals surface area contributed by atoms with Crippen LogP contribution in [0.4, 0.5) is 11.4 Å². The van der Waals surface area contributed by atoms with Crippen molar-refractivity contribution in [2.75, 3.05) is 43.5 Å². The third-order valence-corrected chi connectivity index (χ3v) is 5.94. The summed E-state index contributed by atoms with van der Waals surface area (Å²) in [4.78, 5) is 15.0. The molecule has 0 saturated carbocycles. The molecule has 2 aliphatic rings. The molecule has 1 amide bonds. The number of hydrogen-bond donors (Lipinski definition) is 2. The molecular weight excluding hydrogens is 338 g/mol. The lowest BCUT2D eigenvalue weighted by atomic mass is 9.86. The van der Waals surface area contributed by atoms with E-state index in [0.717, 1.165) is 43.2 Å². The molecule has 1 atom stereocenters. The molecule has 27 heavy (non-hydrogen) atoms. The summed E-state index contributed by atoms with van der Waals surface area (Å²) in [5.74, 6) is 0.661. The predicted octanol–water partition coefficient (Wildman–Crippen LogP) is 3.45. The number of rotatable bonds is 4. The van der Waals surface area contributed by atoms with Crippen LogP contribution in [0.3, 0.4) is 0 Å². The molecule has 0 radical (unpaired) electrons. The first-order chi connectivity index (χ1) is 13.1. The van der Waals surface area contributed by atoms with Crippen molar-refractivity contribution in [1.82, 2.24) is 5.32 Å². The summed E-state index contributed by atoms with van der Waals surface area (Å²) in [6.45, 7) is 6.43. The van der Waals surface area contributed by atoms with E-state index in [1.165, 1.54) is 18.5 Å². The Bertz CT molecular complexity index is 826. The number of benzene rings is 2. The van der Waals surface area contributed by atoms with E-state index in [4.69, 9.17) is 4.74 Å². The number of carbonyl (C=O) groups is 1. The standard InChI is InChI=1S/C22H27N3O2/c1-16-13-19(27-2)7-8-20(16)21(26)24-17-3-5-18(6-4-17)25-12-10-22(15-25)9-11-23-14-22/h3-8,13,23H,9-12,14-15H2,1-2H3,(H,24,26)/t22-/m0/s1. The van der Waals surface area contributed by atoms with E-state index in [1.54, 1.807) is 13.2 Å². The van der Waals surface area contributed by atoms with Gasteiger partial charge in [-0.25, -0.2) is 0 Å². The van der Waals surface area contributed by atoms with E-state index >= 15 is 0 Å². The van der Waals surface area contributed by atoms with Crippen LogP contribution in [0.2, 0.25) is 0 Å². The molecule has 4 rings (SSSR count). The van der Waals surface area contributed by atoms with Gasteiger partial charge in [-0.15, -0.1) is 0 Å². The Balaban J connectivity index is 1.41. The van der Waals surface area contributed by atoms with Gasteiger partial charge < -0.3 is 20.3 Å². The first-order valence-corrected chi connectivity index (χ1v) is 9.60. The number of carbonyl (C=O) groups excluding carboxylic acids is 1. The fourth-order valence-corrected chi connectivity index (χ4v) is 4.27. The van der Waals surface area contributed by atoms with E-state index in [0.29, 0.717) is 11.0 Å². The molecule has 0 unspecified atom stereocenters. The highest BCUT2D eigenvalue weighted by atomic mass is 16.5. The number of ether oxygens (including phenoxy) is 1. The van der Waals surface area contributed by atoms with Gasteiger partial charge in [0.1, 0.15) is 5.75 Å². The van der Waals surface area contributed by atoms with E-state index in [1.807, 2.05) is 31.2 Å². The van der Waals surface area contributed by atoms with Gasteiger partial charge in [0.05, 0.1) is 7.11 Å². The first kappa shape index (κ1) is 17.9. The highest BCUT2D eigenvalue weighted by Crippen LogP contribution is 2.38. The lowest BCUT2D eigenvalue weighted by molar-refractivity contribution is 0.102. The molecule has 0 aliphatic carbocycles. The largest absolute Gasteiger partial charge is 0.497 e. The maximum absolute atomic E-state index is 12.6. The molecule has 2 aromatic rings. The van der Waals surface area contributed by atoms with Crippen LogP contribution in [0, 0.1) is 12.3 Å². The number of amides is 1. The zero-order chi connectivity index (χ0) is 18.9. The van der Waals surface area contributed by atoms with Gasteiger partial charge in [0.25, 0.3) is 5.91 Å². The smallest absolute Gasteiger partial charge is 0.255 e. The summed E-state index contributed by atoms with van der Waals surface area (Å²) in [6.07, 6.45) is 2.54. The third-order valence-electron chi connectivity index (χ3n) is 5.94. The lowest BCUT2D eigenvalue weighted by Crippen LogP contribution is -2.29. The quantitative estimate of drug-likeness (QED) is 0.871. The van der Waals surface area contributed by atoms with Gasteiger partial charge in [0, 0.05) is 42.0 Å². The van der Waals surface area contributed by atoms with Crippen molar-refractivity contribution >= 4 is 17.3 Å². The van der Waals surface area contributed by atoms with Gasteiger partial charge in [0.15, 0.2) is 0 Å². The zero-order valence-corrected chi connectivity index (χ0v) is 16.0. The molecule has 2 saturated heterocycles. The second-order valence-corrected chi connectivity index (χ2v) is 7.78. The summed E-state index contributed by atoms with van der Waals surface area (Å²) in [5.41, 5.74) is 4.07. The second kappa shape index (κ2) is 7.24. The summed E-state index contributed by atoms with van der Waals surface area (Å²) < 4.78 is 5.20. The van der Waals surface area contributed by atoms with Crippen LogP contribution in [0.5, 0.6) is 5.75 Å². The first-order valence-electron chi connectivity index (χ1n) is 9.60. The number of anilines is 2. The molecule has 2 heterocycles. The minimum absolute atomic E-state index is 0.0972. The highest BCUT2D eigenvalue weighted by Gasteiger charge is 2.40. The summed E-state index contributed by atoms with van der Waals surface area (Å²) in [5, 5.41) is 6.50. The molecule has 0 aromatic heterocycles. The predicted molar refractivity (Wildman–Crippen MR) is 109 cm³/mol. The number of methoxy groups -OCH3 is 1. The molecule has 142 valence electrons. The number of aryl methyl sites for hydroxylation is 1. The summed E-state index contributed by atoms with van der Waals surface area (Å²) in [7, 11) is 1.63. The Kier molecular flexibility index (Phi) is 4.79. The van der Waals surface area contributed by atoms with Gasteiger partial charge in [-0.2, -0.15) is 0 Å². The van der Waals surface area contributed by atoms with Crippen LogP contribution in [0.15, 0.2) is 42.5 Å². The van der Waals surface area contributed by atoms with Crippen molar-refractivity contribution < 1.29 is 9.53 Å².